The molecule has 0 aliphatic heterocycles. The Labute approximate surface area is 198 Å². The van der Waals surface area contributed by atoms with Crippen LogP contribution in [0, 0.1) is 6.92 Å². The maximum absolute atomic E-state index is 13.7. The Bertz CT molecular complexity index is 1050. The zero-order valence-electron chi connectivity index (χ0n) is 19.1. The summed E-state index contributed by atoms with van der Waals surface area (Å²) in [6.07, 6.45) is 4.34. The second kappa shape index (κ2) is 10.7. The van der Waals surface area contributed by atoms with Crippen LogP contribution in [-0.2, 0) is 16.0 Å². The maximum atomic E-state index is 13.7. The molecule has 1 N–H and O–H groups in total. The van der Waals surface area contributed by atoms with Gasteiger partial charge in [-0.1, -0.05) is 18.9 Å². The van der Waals surface area contributed by atoms with E-state index in [9.17, 15) is 9.59 Å². The van der Waals surface area contributed by atoms with Crippen molar-refractivity contribution in [1.29, 1.82) is 0 Å². The lowest BCUT2D eigenvalue weighted by molar-refractivity contribution is -0.127. The van der Waals surface area contributed by atoms with Crippen molar-refractivity contribution in [3.8, 4) is 5.75 Å². The molecule has 6 nitrogen and oxygen atoms in total. The van der Waals surface area contributed by atoms with Crippen molar-refractivity contribution in [2.24, 2.45) is 0 Å². The quantitative estimate of drug-likeness (QED) is 0.457. The summed E-state index contributed by atoms with van der Waals surface area (Å²) in [6.45, 7) is 4.32. The number of carbonyl (C=O) groups excluding carboxylic acids is 2. The molecule has 1 saturated carbocycles. The SMILES string of the molecule is CCOc1ccc(N(C(=O)Cc2cccs2)C(C(=O)NC2CCCC2)c2ccc(C)o2)cc1. The number of anilines is 1. The highest BCUT2D eigenvalue weighted by Crippen LogP contribution is 2.32. The highest BCUT2D eigenvalue weighted by molar-refractivity contribution is 7.10. The number of ether oxygens (including phenoxy) is 1. The molecule has 2 aromatic heterocycles. The van der Waals surface area contributed by atoms with E-state index in [2.05, 4.69) is 5.32 Å². The van der Waals surface area contributed by atoms with Crippen molar-refractivity contribution in [3.05, 3.63) is 70.3 Å². The molecule has 0 radical (unpaired) electrons. The minimum absolute atomic E-state index is 0.130. The van der Waals surface area contributed by atoms with Crippen LogP contribution in [0.5, 0.6) is 5.75 Å². The van der Waals surface area contributed by atoms with E-state index in [1.165, 1.54) is 11.3 Å². The van der Waals surface area contributed by atoms with Crippen molar-refractivity contribution in [2.45, 2.75) is 58.0 Å². The average molecular weight is 467 g/mol. The Morgan fingerprint density at radius 1 is 1.15 bits per heavy atom. The van der Waals surface area contributed by atoms with Gasteiger partial charge < -0.3 is 14.5 Å². The van der Waals surface area contributed by atoms with Crippen molar-refractivity contribution >= 4 is 28.8 Å². The van der Waals surface area contributed by atoms with Crippen LogP contribution in [0.1, 0.15) is 55.0 Å². The van der Waals surface area contributed by atoms with Crippen LogP contribution in [0.2, 0.25) is 0 Å². The molecule has 1 aliphatic rings. The van der Waals surface area contributed by atoms with Crippen LogP contribution in [0.25, 0.3) is 0 Å². The van der Waals surface area contributed by atoms with Gasteiger partial charge in [0.2, 0.25) is 5.91 Å². The van der Waals surface area contributed by atoms with Gasteiger partial charge in [-0.15, -0.1) is 11.3 Å². The molecule has 2 amide bonds. The molecule has 174 valence electrons. The fourth-order valence-electron chi connectivity index (χ4n) is 4.28. The first kappa shape index (κ1) is 23.1. The molecule has 4 rings (SSSR count). The summed E-state index contributed by atoms with van der Waals surface area (Å²) in [5.74, 6) is 1.48. The average Bonchev–Trinajstić information content (AvgIpc) is 3.57. The largest absolute Gasteiger partial charge is 0.494 e. The van der Waals surface area contributed by atoms with Gasteiger partial charge in [-0.2, -0.15) is 0 Å². The predicted octanol–water partition coefficient (Wildman–Crippen LogP) is 5.42. The standard InChI is InChI=1S/C26H30N2O4S/c1-3-31-21-13-11-20(12-14-21)28(24(29)17-22-9-6-16-33-22)25(23-15-10-18(2)32-23)26(30)27-19-7-4-5-8-19/h6,9-16,19,25H,3-5,7-8,17H2,1-2H3,(H,27,30). The third kappa shape index (κ3) is 5.66. The minimum atomic E-state index is -0.898. The summed E-state index contributed by atoms with van der Waals surface area (Å²) in [7, 11) is 0. The molecule has 1 fully saturated rings. The molecule has 1 aromatic carbocycles. The van der Waals surface area contributed by atoms with Gasteiger partial charge in [-0.3, -0.25) is 14.5 Å². The zero-order valence-corrected chi connectivity index (χ0v) is 19.9. The third-order valence-corrected chi connectivity index (χ3v) is 6.72. The number of nitrogens with zero attached hydrogens (tertiary/aromatic N) is 1. The van der Waals surface area contributed by atoms with Crippen molar-refractivity contribution in [3.63, 3.8) is 0 Å². The number of rotatable bonds is 9. The highest BCUT2D eigenvalue weighted by Gasteiger charge is 2.36. The first-order valence-corrected chi connectivity index (χ1v) is 12.4. The minimum Gasteiger partial charge on any atom is -0.494 e. The molecule has 1 atom stereocenters. The van der Waals surface area contributed by atoms with E-state index in [-0.39, 0.29) is 24.3 Å². The van der Waals surface area contributed by atoms with Crippen molar-refractivity contribution < 1.29 is 18.7 Å². The number of carbonyl (C=O) groups is 2. The number of benzene rings is 1. The molecule has 1 unspecified atom stereocenters. The van der Waals surface area contributed by atoms with Gasteiger partial charge in [0.15, 0.2) is 6.04 Å². The lowest BCUT2D eigenvalue weighted by Gasteiger charge is -2.31. The lowest BCUT2D eigenvalue weighted by Crippen LogP contribution is -2.46. The van der Waals surface area contributed by atoms with Crippen molar-refractivity contribution in [1.82, 2.24) is 5.32 Å². The summed E-state index contributed by atoms with van der Waals surface area (Å²) in [6, 6.07) is 14.0. The predicted molar refractivity (Wildman–Crippen MR) is 130 cm³/mol. The number of nitrogens with one attached hydrogen (secondary N) is 1. The summed E-state index contributed by atoms with van der Waals surface area (Å²) >= 11 is 1.53. The van der Waals surface area contributed by atoms with E-state index >= 15 is 0 Å². The Kier molecular flexibility index (Phi) is 7.50. The second-order valence-corrected chi connectivity index (χ2v) is 9.32. The molecule has 3 aromatic rings. The van der Waals surface area contributed by atoms with Gasteiger partial charge in [0, 0.05) is 16.6 Å². The van der Waals surface area contributed by atoms with Gasteiger partial charge >= 0.3 is 0 Å². The first-order valence-electron chi connectivity index (χ1n) is 11.5. The number of hydrogen-bond acceptors (Lipinski definition) is 5. The fraction of sp³-hybridized carbons (Fsp3) is 0.385. The van der Waals surface area contributed by atoms with Gasteiger partial charge in [0.1, 0.15) is 17.3 Å². The van der Waals surface area contributed by atoms with Crippen LogP contribution in [0.15, 0.2) is 58.3 Å². The maximum Gasteiger partial charge on any atom is 0.251 e. The molecule has 33 heavy (non-hydrogen) atoms. The van der Waals surface area contributed by atoms with Gasteiger partial charge in [-0.05, 0) is 74.5 Å². The Morgan fingerprint density at radius 3 is 2.52 bits per heavy atom. The van der Waals surface area contributed by atoms with Crippen LogP contribution in [0.3, 0.4) is 0 Å². The van der Waals surface area contributed by atoms with Crippen LogP contribution in [0.4, 0.5) is 5.69 Å². The zero-order chi connectivity index (χ0) is 23.2. The second-order valence-electron chi connectivity index (χ2n) is 8.29. The number of aryl methyl sites for hydroxylation is 1. The topological polar surface area (TPSA) is 71.8 Å². The molecule has 0 spiro atoms. The molecule has 0 saturated heterocycles. The first-order chi connectivity index (χ1) is 16.0. The summed E-state index contributed by atoms with van der Waals surface area (Å²) in [5, 5.41) is 5.12. The van der Waals surface area contributed by atoms with E-state index in [1.54, 1.807) is 11.0 Å². The van der Waals surface area contributed by atoms with E-state index in [0.29, 0.717) is 29.6 Å². The number of amides is 2. The van der Waals surface area contributed by atoms with E-state index in [0.717, 1.165) is 30.6 Å². The van der Waals surface area contributed by atoms with E-state index in [1.807, 2.05) is 61.7 Å². The van der Waals surface area contributed by atoms with Crippen LogP contribution >= 0.6 is 11.3 Å². The Balaban J connectivity index is 1.72. The molecule has 1 aliphatic carbocycles. The Morgan fingerprint density at radius 2 is 1.91 bits per heavy atom. The Hall–Kier alpha value is -3.06. The highest BCUT2D eigenvalue weighted by atomic mass is 32.1. The van der Waals surface area contributed by atoms with E-state index < -0.39 is 6.04 Å². The summed E-state index contributed by atoms with van der Waals surface area (Å²) < 4.78 is 11.5. The number of thiophene rings is 1. The lowest BCUT2D eigenvalue weighted by atomic mass is 10.1. The molecule has 0 bridgehead atoms. The molecular weight excluding hydrogens is 436 g/mol. The summed E-state index contributed by atoms with van der Waals surface area (Å²) in [5.41, 5.74) is 0.626. The monoisotopic (exact) mass is 466 g/mol. The molecule has 2 heterocycles. The fourth-order valence-corrected chi connectivity index (χ4v) is 4.97. The molecule has 7 heteroatoms. The smallest absolute Gasteiger partial charge is 0.251 e. The van der Waals surface area contributed by atoms with Gasteiger partial charge in [0.25, 0.3) is 5.91 Å². The normalized spacial score (nSPS) is 14.7. The van der Waals surface area contributed by atoms with Crippen molar-refractivity contribution in [2.75, 3.05) is 11.5 Å². The van der Waals surface area contributed by atoms with Gasteiger partial charge in [0.05, 0.1) is 13.0 Å². The molecular formula is C26H30N2O4S. The van der Waals surface area contributed by atoms with Gasteiger partial charge in [-0.25, -0.2) is 0 Å². The summed E-state index contributed by atoms with van der Waals surface area (Å²) in [4.78, 5) is 29.8. The van der Waals surface area contributed by atoms with E-state index in [4.69, 9.17) is 9.15 Å². The third-order valence-electron chi connectivity index (χ3n) is 5.84. The van der Waals surface area contributed by atoms with Crippen LogP contribution < -0.4 is 15.0 Å². The number of hydrogen-bond donors (Lipinski definition) is 1. The number of furan rings is 1. The van der Waals surface area contributed by atoms with Crippen LogP contribution in [-0.4, -0.2) is 24.5 Å².